The Balaban J connectivity index is 2.70. The van der Waals surface area contributed by atoms with E-state index in [1.54, 1.807) is 12.3 Å². The summed E-state index contributed by atoms with van der Waals surface area (Å²) >= 11 is 0. The van der Waals surface area contributed by atoms with Crippen LogP contribution in [0.4, 0.5) is 0 Å². The van der Waals surface area contributed by atoms with Crippen LogP contribution in [-0.2, 0) is 0 Å². The number of pyridine rings is 1. The molecular formula is C10H8N4O. The zero-order chi connectivity index (χ0) is 10.7. The minimum Gasteiger partial charge on any atom is -0.476 e. The predicted octanol–water partition coefficient (Wildman–Crippen LogP) is 1.30. The van der Waals surface area contributed by atoms with Crippen molar-refractivity contribution in [1.29, 1.82) is 5.26 Å². The Kier molecular flexibility index (Phi) is 2.42. The summed E-state index contributed by atoms with van der Waals surface area (Å²) in [4.78, 5) is 12.0. The first-order chi connectivity index (χ1) is 7.35. The normalized spacial score (nSPS) is 9.87. The molecule has 0 bridgehead atoms. The molecule has 15 heavy (non-hydrogen) atoms. The summed E-state index contributed by atoms with van der Waals surface area (Å²) in [5.74, 6) is 0.383. The third-order valence-electron chi connectivity index (χ3n) is 1.85. The number of fused-ring (bicyclic) bond motifs is 1. The van der Waals surface area contributed by atoms with Crippen LogP contribution in [-0.4, -0.2) is 21.6 Å². The van der Waals surface area contributed by atoms with Crippen molar-refractivity contribution in [1.82, 2.24) is 15.0 Å². The monoisotopic (exact) mass is 200 g/mol. The van der Waals surface area contributed by atoms with E-state index in [9.17, 15) is 0 Å². The van der Waals surface area contributed by atoms with Gasteiger partial charge in [0.1, 0.15) is 23.6 Å². The van der Waals surface area contributed by atoms with E-state index in [2.05, 4.69) is 15.0 Å². The number of nitriles is 1. The SMILES string of the molecule is CCOc1nc(C#N)cc2cncnc12. The van der Waals surface area contributed by atoms with Gasteiger partial charge in [0.2, 0.25) is 5.88 Å². The number of rotatable bonds is 2. The Morgan fingerprint density at radius 2 is 2.40 bits per heavy atom. The summed E-state index contributed by atoms with van der Waals surface area (Å²) in [6.07, 6.45) is 3.06. The first-order valence-corrected chi connectivity index (χ1v) is 4.48. The van der Waals surface area contributed by atoms with Crippen molar-refractivity contribution >= 4 is 10.9 Å². The van der Waals surface area contributed by atoms with Crippen LogP contribution in [0, 0.1) is 11.3 Å². The summed E-state index contributed by atoms with van der Waals surface area (Å²) < 4.78 is 5.31. The van der Waals surface area contributed by atoms with Gasteiger partial charge in [0.05, 0.1) is 6.61 Å². The fraction of sp³-hybridized carbons (Fsp3) is 0.200. The number of hydrogen-bond acceptors (Lipinski definition) is 5. The maximum atomic E-state index is 8.78. The molecule has 0 atom stereocenters. The van der Waals surface area contributed by atoms with Gasteiger partial charge >= 0.3 is 0 Å². The summed E-state index contributed by atoms with van der Waals surface area (Å²) in [6, 6.07) is 3.61. The maximum absolute atomic E-state index is 8.78. The lowest BCUT2D eigenvalue weighted by molar-refractivity contribution is 0.330. The molecule has 2 aromatic rings. The molecule has 0 saturated heterocycles. The molecule has 0 fully saturated rings. The fourth-order valence-electron chi connectivity index (χ4n) is 1.26. The third kappa shape index (κ3) is 1.70. The van der Waals surface area contributed by atoms with Crippen LogP contribution in [0.1, 0.15) is 12.6 Å². The molecule has 0 aromatic carbocycles. The van der Waals surface area contributed by atoms with Gasteiger partial charge in [-0.1, -0.05) is 0 Å². The smallest absolute Gasteiger partial charge is 0.241 e. The molecule has 2 aromatic heterocycles. The summed E-state index contributed by atoms with van der Waals surface area (Å²) in [5.41, 5.74) is 0.937. The maximum Gasteiger partial charge on any atom is 0.241 e. The third-order valence-corrected chi connectivity index (χ3v) is 1.85. The molecular weight excluding hydrogens is 192 g/mol. The van der Waals surface area contributed by atoms with Crippen LogP contribution < -0.4 is 4.74 Å². The summed E-state index contributed by atoms with van der Waals surface area (Å²) in [6.45, 7) is 2.34. The van der Waals surface area contributed by atoms with Crippen molar-refractivity contribution < 1.29 is 4.74 Å². The molecule has 0 aliphatic carbocycles. The quantitative estimate of drug-likeness (QED) is 0.730. The van der Waals surface area contributed by atoms with Gasteiger partial charge in [0, 0.05) is 11.6 Å². The highest BCUT2D eigenvalue weighted by molar-refractivity contribution is 5.82. The van der Waals surface area contributed by atoms with E-state index >= 15 is 0 Å². The number of ether oxygens (including phenoxy) is 1. The second kappa shape index (κ2) is 3.88. The van der Waals surface area contributed by atoms with Crippen molar-refractivity contribution in [2.24, 2.45) is 0 Å². The number of nitrogens with zero attached hydrogens (tertiary/aromatic N) is 4. The van der Waals surface area contributed by atoms with E-state index in [1.807, 2.05) is 13.0 Å². The molecule has 2 heterocycles. The molecule has 0 unspecified atom stereocenters. The molecule has 0 radical (unpaired) electrons. The van der Waals surface area contributed by atoms with Gasteiger partial charge in [-0.25, -0.2) is 15.0 Å². The van der Waals surface area contributed by atoms with E-state index in [0.29, 0.717) is 23.7 Å². The van der Waals surface area contributed by atoms with Crippen LogP contribution in [0.25, 0.3) is 10.9 Å². The highest BCUT2D eigenvalue weighted by Gasteiger charge is 2.07. The standard InChI is InChI=1S/C10H8N4O/c1-2-15-10-9-7(5-12-6-13-9)3-8(4-11)14-10/h3,5-6H,2H2,1H3. The molecule has 0 saturated carbocycles. The average Bonchev–Trinajstić information content (AvgIpc) is 2.29. The molecule has 5 nitrogen and oxygen atoms in total. The molecule has 2 rings (SSSR count). The van der Waals surface area contributed by atoms with E-state index < -0.39 is 0 Å². The second-order valence-corrected chi connectivity index (χ2v) is 2.82. The van der Waals surface area contributed by atoms with Gasteiger partial charge in [-0.3, -0.25) is 0 Å². The van der Waals surface area contributed by atoms with Crippen molar-refractivity contribution in [2.75, 3.05) is 6.61 Å². The average molecular weight is 200 g/mol. The topological polar surface area (TPSA) is 71.7 Å². The van der Waals surface area contributed by atoms with Gasteiger partial charge in [0.25, 0.3) is 0 Å². The van der Waals surface area contributed by atoms with Crippen LogP contribution in [0.5, 0.6) is 5.88 Å². The molecule has 0 spiro atoms. The Morgan fingerprint density at radius 3 is 3.13 bits per heavy atom. The molecule has 0 N–H and O–H groups in total. The van der Waals surface area contributed by atoms with E-state index in [1.165, 1.54) is 6.33 Å². The molecule has 74 valence electrons. The largest absolute Gasteiger partial charge is 0.476 e. The molecule has 0 amide bonds. The minimum atomic E-state index is 0.306. The first kappa shape index (κ1) is 9.34. The van der Waals surface area contributed by atoms with E-state index in [-0.39, 0.29) is 0 Å². The van der Waals surface area contributed by atoms with Gasteiger partial charge in [0.15, 0.2) is 0 Å². The number of aromatic nitrogens is 3. The lowest BCUT2D eigenvalue weighted by Gasteiger charge is -2.04. The van der Waals surface area contributed by atoms with Gasteiger partial charge in [-0.15, -0.1) is 0 Å². The molecule has 5 heteroatoms. The Bertz CT molecular complexity index is 532. The molecule has 0 aliphatic rings. The van der Waals surface area contributed by atoms with Gasteiger partial charge in [-0.2, -0.15) is 5.26 Å². The van der Waals surface area contributed by atoms with Crippen molar-refractivity contribution in [2.45, 2.75) is 6.92 Å². The summed E-state index contributed by atoms with van der Waals surface area (Å²) in [5, 5.41) is 9.54. The fourth-order valence-corrected chi connectivity index (χ4v) is 1.26. The van der Waals surface area contributed by atoms with E-state index in [4.69, 9.17) is 10.00 Å². The second-order valence-electron chi connectivity index (χ2n) is 2.82. The van der Waals surface area contributed by atoms with E-state index in [0.717, 1.165) is 5.39 Å². The predicted molar refractivity (Wildman–Crippen MR) is 53.2 cm³/mol. The van der Waals surface area contributed by atoms with Crippen LogP contribution in [0.3, 0.4) is 0 Å². The Labute approximate surface area is 86.4 Å². The minimum absolute atomic E-state index is 0.306. The van der Waals surface area contributed by atoms with Crippen molar-refractivity contribution in [3.63, 3.8) is 0 Å². The first-order valence-electron chi connectivity index (χ1n) is 4.48. The van der Waals surface area contributed by atoms with Crippen LogP contribution in [0.15, 0.2) is 18.6 Å². The zero-order valence-electron chi connectivity index (χ0n) is 8.14. The molecule has 0 aliphatic heterocycles. The Morgan fingerprint density at radius 1 is 1.53 bits per heavy atom. The van der Waals surface area contributed by atoms with Crippen molar-refractivity contribution in [3.8, 4) is 11.9 Å². The highest BCUT2D eigenvalue weighted by Crippen LogP contribution is 2.21. The van der Waals surface area contributed by atoms with Gasteiger partial charge in [-0.05, 0) is 13.0 Å². The van der Waals surface area contributed by atoms with Crippen LogP contribution >= 0.6 is 0 Å². The lowest BCUT2D eigenvalue weighted by atomic mass is 10.2. The highest BCUT2D eigenvalue weighted by atomic mass is 16.5. The van der Waals surface area contributed by atoms with Gasteiger partial charge < -0.3 is 4.74 Å². The van der Waals surface area contributed by atoms with Crippen molar-refractivity contribution in [3.05, 3.63) is 24.3 Å². The lowest BCUT2D eigenvalue weighted by Crippen LogP contribution is -1.98. The van der Waals surface area contributed by atoms with Crippen LogP contribution in [0.2, 0.25) is 0 Å². The number of hydrogen-bond donors (Lipinski definition) is 0. The summed E-state index contributed by atoms with van der Waals surface area (Å²) in [7, 11) is 0. The zero-order valence-corrected chi connectivity index (χ0v) is 8.14. The Hall–Kier alpha value is -2.22.